The molecule has 4 rings (SSSR count). The summed E-state index contributed by atoms with van der Waals surface area (Å²) in [7, 11) is 0. The predicted octanol–water partition coefficient (Wildman–Crippen LogP) is 5.04. The fourth-order valence-electron chi connectivity index (χ4n) is 3.56. The van der Waals surface area contributed by atoms with Crippen LogP contribution in [0.1, 0.15) is 30.7 Å². The summed E-state index contributed by atoms with van der Waals surface area (Å²) in [5.41, 5.74) is 1.91. The lowest BCUT2D eigenvalue weighted by atomic mass is 9.92. The molecule has 0 unspecified atom stereocenters. The van der Waals surface area contributed by atoms with Crippen molar-refractivity contribution in [3.05, 3.63) is 77.4 Å². The molecule has 1 aromatic heterocycles. The first-order valence-corrected chi connectivity index (χ1v) is 11.1. The molecule has 0 bridgehead atoms. The predicted molar refractivity (Wildman–Crippen MR) is 119 cm³/mol. The Morgan fingerprint density at radius 1 is 1.13 bits per heavy atom. The van der Waals surface area contributed by atoms with Crippen molar-refractivity contribution in [3.63, 3.8) is 0 Å². The molecule has 0 radical (unpaired) electrons. The SMILES string of the molecule is O=C(Nc1ccccc1)C1=C[C@@H](c2csc3ccccc23)C[C@@H](OCCCCO)O1. The standard InChI is InChI=1S/C24H25NO4S/c26-12-6-7-13-28-23-15-17(20-16-30-22-11-5-4-10-19(20)22)14-21(29-23)24(27)25-18-8-2-1-3-9-18/h1-5,8-11,14,16-17,23,26H,6-7,12-13,15H2,(H,25,27)/t17-,23+/m1/s1. The number of hydrogen-bond donors (Lipinski definition) is 2. The molecule has 5 nitrogen and oxygen atoms in total. The molecule has 0 fully saturated rings. The van der Waals surface area contributed by atoms with Crippen LogP contribution in [-0.4, -0.2) is 30.5 Å². The van der Waals surface area contributed by atoms with Crippen LogP contribution < -0.4 is 5.32 Å². The van der Waals surface area contributed by atoms with Crippen LogP contribution in [0.25, 0.3) is 10.1 Å². The first kappa shape index (κ1) is 20.6. The number of unbranched alkanes of at least 4 members (excludes halogenated alkanes) is 1. The second-order valence-electron chi connectivity index (χ2n) is 7.23. The molecular formula is C24H25NO4S. The maximum Gasteiger partial charge on any atom is 0.290 e. The number of nitrogens with one attached hydrogen (secondary N) is 1. The van der Waals surface area contributed by atoms with Gasteiger partial charge in [-0.1, -0.05) is 36.4 Å². The molecule has 6 heteroatoms. The number of aliphatic hydroxyl groups is 1. The number of rotatable bonds is 8. The molecule has 1 aliphatic rings. The van der Waals surface area contributed by atoms with Crippen LogP contribution in [0.4, 0.5) is 5.69 Å². The van der Waals surface area contributed by atoms with Gasteiger partial charge in [0.15, 0.2) is 5.76 Å². The van der Waals surface area contributed by atoms with Crippen molar-refractivity contribution >= 4 is 33.0 Å². The van der Waals surface area contributed by atoms with Gasteiger partial charge < -0.3 is 19.9 Å². The van der Waals surface area contributed by atoms with Crippen LogP contribution in [-0.2, 0) is 14.3 Å². The van der Waals surface area contributed by atoms with Crippen molar-refractivity contribution in [1.29, 1.82) is 0 Å². The van der Waals surface area contributed by atoms with Gasteiger partial charge in [0.05, 0.1) is 6.61 Å². The Balaban J connectivity index is 1.57. The Labute approximate surface area is 179 Å². The molecule has 0 saturated carbocycles. The molecule has 2 atom stereocenters. The van der Waals surface area contributed by atoms with Crippen molar-refractivity contribution < 1.29 is 19.4 Å². The van der Waals surface area contributed by atoms with Crippen molar-refractivity contribution in [2.45, 2.75) is 31.5 Å². The lowest BCUT2D eigenvalue weighted by Gasteiger charge is -2.29. The second kappa shape index (κ2) is 9.89. The van der Waals surface area contributed by atoms with E-state index >= 15 is 0 Å². The van der Waals surface area contributed by atoms with Crippen LogP contribution in [0.3, 0.4) is 0 Å². The first-order valence-electron chi connectivity index (χ1n) is 10.2. The maximum atomic E-state index is 12.9. The third-order valence-corrected chi connectivity index (χ3v) is 6.06. The number of fused-ring (bicyclic) bond motifs is 1. The van der Waals surface area contributed by atoms with Gasteiger partial charge in [0.1, 0.15) is 0 Å². The van der Waals surface area contributed by atoms with E-state index < -0.39 is 6.29 Å². The topological polar surface area (TPSA) is 67.8 Å². The number of para-hydroxylation sites is 1. The van der Waals surface area contributed by atoms with Gasteiger partial charge in [-0.05, 0) is 53.4 Å². The van der Waals surface area contributed by atoms with Gasteiger partial charge >= 0.3 is 0 Å². The lowest BCUT2D eigenvalue weighted by molar-refractivity contribution is -0.143. The second-order valence-corrected chi connectivity index (χ2v) is 8.14. The van der Waals surface area contributed by atoms with E-state index in [2.05, 4.69) is 22.8 Å². The zero-order valence-electron chi connectivity index (χ0n) is 16.6. The van der Waals surface area contributed by atoms with Crippen molar-refractivity contribution in [2.75, 3.05) is 18.5 Å². The minimum Gasteiger partial charge on any atom is -0.459 e. The monoisotopic (exact) mass is 423 g/mol. The van der Waals surface area contributed by atoms with E-state index in [0.717, 1.165) is 12.1 Å². The summed E-state index contributed by atoms with van der Waals surface area (Å²) < 4.78 is 13.0. The number of benzene rings is 2. The summed E-state index contributed by atoms with van der Waals surface area (Å²) in [6.07, 6.45) is 3.47. The molecule has 3 aromatic rings. The van der Waals surface area contributed by atoms with E-state index in [4.69, 9.17) is 14.6 Å². The molecule has 1 amide bonds. The third kappa shape index (κ3) is 4.90. The average molecular weight is 424 g/mol. The fourth-order valence-corrected chi connectivity index (χ4v) is 4.59. The number of allylic oxidation sites excluding steroid dienone is 1. The Morgan fingerprint density at radius 2 is 1.93 bits per heavy atom. The molecule has 0 spiro atoms. The van der Waals surface area contributed by atoms with E-state index in [0.29, 0.717) is 19.4 Å². The normalized spacial score (nSPS) is 18.6. The van der Waals surface area contributed by atoms with Crippen LogP contribution >= 0.6 is 11.3 Å². The first-order chi connectivity index (χ1) is 14.7. The van der Waals surface area contributed by atoms with Gasteiger partial charge in [0.25, 0.3) is 5.91 Å². The van der Waals surface area contributed by atoms with Crippen molar-refractivity contribution in [2.24, 2.45) is 0 Å². The van der Waals surface area contributed by atoms with Crippen LogP contribution in [0.15, 0.2) is 71.8 Å². The van der Waals surface area contributed by atoms with Gasteiger partial charge in [-0.15, -0.1) is 11.3 Å². The number of carbonyl (C=O) groups excluding carboxylic acids is 1. The van der Waals surface area contributed by atoms with Gasteiger partial charge in [0.2, 0.25) is 6.29 Å². The van der Waals surface area contributed by atoms with Crippen molar-refractivity contribution in [1.82, 2.24) is 0 Å². The highest BCUT2D eigenvalue weighted by Crippen LogP contribution is 2.38. The van der Waals surface area contributed by atoms with Crippen LogP contribution in [0.5, 0.6) is 0 Å². The van der Waals surface area contributed by atoms with Crippen LogP contribution in [0, 0.1) is 0 Å². The van der Waals surface area contributed by atoms with E-state index in [9.17, 15) is 4.79 Å². The van der Waals surface area contributed by atoms with Gasteiger partial charge in [-0.3, -0.25) is 4.79 Å². The molecule has 156 valence electrons. The lowest BCUT2D eigenvalue weighted by Crippen LogP contribution is -2.29. The van der Waals surface area contributed by atoms with Crippen molar-refractivity contribution in [3.8, 4) is 0 Å². The number of hydrogen-bond acceptors (Lipinski definition) is 5. The third-order valence-electron chi connectivity index (χ3n) is 5.08. The summed E-state index contributed by atoms with van der Waals surface area (Å²) in [6, 6.07) is 17.6. The van der Waals surface area contributed by atoms with Gasteiger partial charge in [-0.2, -0.15) is 0 Å². The highest BCUT2D eigenvalue weighted by molar-refractivity contribution is 7.17. The molecule has 2 aromatic carbocycles. The molecule has 0 saturated heterocycles. The average Bonchev–Trinajstić information content (AvgIpc) is 3.21. The number of ether oxygens (including phenoxy) is 2. The van der Waals surface area contributed by atoms with E-state index in [-0.39, 0.29) is 24.2 Å². The Bertz CT molecular complexity index is 1010. The Kier molecular flexibility index (Phi) is 6.79. The summed E-state index contributed by atoms with van der Waals surface area (Å²) in [6.45, 7) is 0.624. The van der Waals surface area contributed by atoms with E-state index in [1.807, 2.05) is 48.5 Å². The smallest absolute Gasteiger partial charge is 0.290 e. The zero-order chi connectivity index (χ0) is 20.8. The zero-order valence-corrected chi connectivity index (χ0v) is 17.4. The quantitative estimate of drug-likeness (QED) is 0.498. The number of anilines is 1. The molecule has 0 aliphatic carbocycles. The molecule has 30 heavy (non-hydrogen) atoms. The molecular weight excluding hydrogens is 398 g/mol. The van der Waals surface area contributed by atoms with Gasteiger partial charge in [-0.25, -0.2) is 0 Å². The summed E-state index contributed by atoms with van der Waals surface area (Å²) in [5.74, 6) is 0.0150. The summed E-state index contributed by atoms with van der Waals surface area (Å²) in [5, 5.41) is 15.2. The Hall–Kier alpha value is -2.67. The molecule has 2 N–H and O–H groups in total. The number of aliphatic hydroxyl groups excluding tert-OH is 1. The number of carbonyl (C=O) groups is 1. The Morgan fingerprint density at radius 3 is 2.77 bits per heavy atom. The fraction of sp³-hybridized carbons (Fsp3) is 0.292. The van der Waals surface area contributed by atoms with E-state index in [1.54, 1.807) is 11.3 Å². The minimum absolute atomic E-state index is 0.0225. The maximum absolute atomic E-state index is 12.9. The largest absolute Gasteiger partial charge is 0.459 e. The highest BCUT2D eigenvalue weighted by Gasteiger charge is 2.30. The summed E-state index contributed by atoms with van der Waals surface area (Å²) >= 11 is 1.71. The minimum atomic E-state index is -0.506. The number of thiophene rings is 1. The van der Waals surface area contributed by atoms with E-state index in [1.165, 1.54) is 15.6 Å². The summed E-state index contributed by atoms with van der Waals surface area (Å²) in [4.78, 5) is 12.9. The van der Waals surface area contributed by atoms with Crippen LogP contribution in [0.2, 0.25) is 0 Å². The molecule has 2 heterocycles. The van der Waals surface area contributed by atoms with Gasteiger partial charge in [0, 0.05) is 29.3 Å². The highest BCUT2D eigenvalue weighted by atomic mass is 32.1. The number of amides is 1. The molecule has 1 aliphatic heterocycles.